The fraction of sp³-hybridized carbons (Fsp3) is 1.00. The molecule has 2 rings (SSSR count). The van der Waals surface area contributed by atoms with Gasteiger partial charge in [-0.1, -0.05) is 0 Å². The smallest absolute Gasteiger partial charge is 0.120 e. The largest absolute Gasteiger partial charge is 0.370 e. The van der Waals surface area contributed by atoms with Crippen molar-refractivity contribution in [2.24, 2.45) is 11.7 Å². The Labute approximate surface area is 110 Å². The molecule has 0 unspecified atom stereocenters. The maximum atomic E-state index is 6.31. The van der Waals surface area contributed by atoms with Crippen LogP contribution in [0.15, 0.2) is 0 Å². The maximum Gasteiger partial charge on any atom is 0.120 e. The average molecular weight is 260 g/mol. The van der Waals surface area contributed by atoms with Crippen LogP contribution in [-0.2, 0) is 9.47 Å². The predicted octanol–water partition coefficient (Wildman–Crippen LogP) is -0.792. The third kappa shape index (κ3) is 4.15. The van der Waals surface area contributed by atoms with Crippen molar-refractivity contribution in [3.63, 3.8) is 0 Å². The summed E-state index contributed by atoms with van der Waals surface area (Å²) in [6.45, 7) is 9.03. The number of unbranched alkanes of at least 4 members (excludes halogenated alkanes) is 1. The van der Waals surface area contributed by atoms with Crippen LogP contribution in [0.4, 0.5) is 0 Å². The summed E-state index contributed by atoms with van der Waals surface area (Å²) in [5, 5.41) is 0. The summed E-state index contributed by atoms with van der Waals surface area (Å²) in [6.07, 6.45) is 2.29. The molecule has 0 aliphatic carbocycles. The van der Waals surface area contributed by atoms with Gasteiger partial charge in [0, 0.05) is 12.8 Å². The standard InChI is InChI=1S/C12H28N4O2/c13-15(5-9-17-10-6-15)3-1-2-4-16(14)7-11-18-12-8-16/h1-14H2/q+2. The number of hydrogen-bond acceptors (Lipinski definition) is 4. The molecule has 2 fully saturated rings. The summed E-state index contributed by atoms with van der Waals surface area (Å²) in [7, 11) is 0. The Kier molecular flexibility index (Phi) is 4.94. The van der Waals surface area contributed by atoms with Crippen molar-refractivity contribution in [3.8, 4) is 0 Å². The second-order valence-corrected chi connectivity index (χ2v) is 5.71. The lowest BCUT2D eigenvalue weighted by atomic mass is 10.2. The van der Waals surface area contributed by atoms with Gasteiger partial charge in [0.15, 0.2) is 0 Å². The zero-order valence-corrected chi connectivity index (χ0v) is 11.4. The van der Waals surface area contributed by atoms with Gasteiger partial charge in [0.05, 0.1) is 39.5 Å². The molecule has 6 nitrogen and oxygen atoms in total. The van der Waals surface area contributed by atoms with Gasteiger partial charge in [-0.25, -0.2) is 9.18 Å². The highest BCUT2D eigenvalue weighted by Gasteiger charge is 2.28. The average Bonchev–Trinajstić information content (AvgIpc) is 2.37. The quantitative estimate of drug-likeness (QED) is 0.386. The van der Waals surface area contributed by atoms with Crippen molar-refractivity contribution in [2.75, 3.05) is 65.7 Å². The number of rotatable bonds is 5. The number of nitrogens with zero attached hydrogens (tertiary/aromatic N) is 2. The SMILES string of the molecule is N[N+]1(CCCC[N+]2(N)CCOCC2)CCOCC1. The highest BCUT2D eigenvalue weighted by atomic mass is 16.5. The minimum Gasteiger partial charge on any atom is -0.370 e. The first-order chi connectivity index (χ1) is 8.62. The van der Waals surface area contributed by atoms with Crippen LogP contribution in [0, 0.1) is 0 Å². The minimum absolute atomic E-state index is 0.674. The molecule has 2 heterocycles. The van der Waals surface area contributed by atoms with Crippen LogP contribution in [0.5, 0.6) is 0 Å². The van der Waals surface area contributed by atoms with E-state index in [0.29, 0.717) is 9.18 Å². The van der Waals surface area contributed by atoms with Gasteiger partial charge in [0.1, 0.15) is 26.2 Å². The Bertz CT molecular complexity index is 224. The van der Waals surface area contributed by atoms with E-state index in [4.69, 9.17) is 21.2 Å². The molecule has 0 amide bonds. The van der Waals surface area contributed by atoms with Crippen LogP contribution in [-0.4, -0.2) is 74.9 Å². The lowest BCUT2D eigenvalue weighted by Gasteiger charge is -2.37. The molecule has 18 heavy (non-hydrogen) atoms. The van der Waals surface area contributed by atoms with Crippen molar-refractivity contribution in [1.29, 1.82) is 0 Å². The summed E-state index contributed by atoms with van der Waals surface area (Å²) in [5.74, 6) is 12.6. The van der Waals surface area contributed by atoms with E-state index in [1.165, 1.54) is 0 Å². The molecule has 0 atom stereocenters. The van der Waals surface area contributed by atoms with E-state index in [1.54, 1.807) is 0 Å². The number of nitrogens with two attached hydrogens (primary N) is 2. The van der Waals surface area contributed by atoms with Crippen molar-refractivity contribution >= 4 is 0 Å². The molecule has 0 spiro atoms. The molecule has 6 heteroatoms. The second kappa shape index (κ2) is 6.27. The topological polar surface area (TPSA) is 70.5 Å². The predicted molar refractivity (Wildman–Crippen MR) is 69.0 cm³/mol. The number of hydrogen-bond donors (Lipinski definition) is 2. The molecule has 2 aliphatic heterocycles. The van der Waals surface area contributed by atoms with Crippen LogP contribution in [0.3, 0.4) is 0 Å². The van der Waals surface area contributed by atoms with Crippen LogP contribution >= 0.6 is 0 Å². The summed E-state index contributed by atoms with van der Waals surface area (Å²) < 4.78 is 12.0. The van der Waals surface area contributed by atoms with E-state index in [-0.39, 0.29) is 0 Å². The Hall–Kier alpha value is -0.240. The molecule has 0 bridgehead atoms. The van der Waals surface area contributed by atoms with Crippen LogP contribution in [0.2, 0.25) is 0 Å². The third-order valence-corrected chi connectivity index (χ3v) is 4.18. The molecule has 0 aromatic heterocycles. The molecule has 0 aromatic rings. The van der Waals surface area contributed by atoms with Crippen LogP contribution < -0.4 is 11.7 Å². The van der Waals surface area contributed by atoms with Gasteiger partial charge < -0.3 is 9.47 Å². The lowest BCUT2D eigenvalue weighted by molar-refractivity contribution is -0.952. The molecular formula is C12H28N4O2+2. The Morgan fingerprint density at radius 3 is 1.33 bits per heavy atom. The zero-order chi connectivity index (χ0) is 12.9. The summed E-state index contributed by atoms with van der Waals surface area (Å²) in [6, 6.07) is 0. The lowest BCUT2D eigenvalue weighted by Crippen LogP contribution is -2.62. The summed E-state index contributed by atoms with van der Waals surface area (Å²) >= 11 is 0. The van der Waals surface area contributed by atoms with Crippen molar-refractivity contribution < 1.29 is 18.7 Å². The fourth-order valence-corrected chi connectivity index (χ4v) is 2.71. The van der Waals surface area contributed by atoms with Gasteiger partial charge in [-0.2, -0.15) is 11.7 Å². The molecule has 0 radical (unpaired) electrons. The number of morpholine rings is 2. The number of ether oxygens (including phenoxy) is 2. The van der Waals surface area contributed by atoms with Gasteiger partial charge in [-0.3, -0.25) is 0 Å². The summed E-state index contributed by atoms with van der Waals surface area (Å²) in [5.41, 5.74) is 0. The van der Waals surface area contributed by atoms with Crippen molar-refractivity contribution in [1.82, 2.24) is 0 Å². The molecular weight excluding hydrogens is 232 g/mol. The first-order valence-electron chi connectivity index (χ1n) is 7.07. The van der Waals surface area contributed by atoms with Crippen molar-refractivity contribution in [3.05, 3.63) is 0 Å². The zero-order valence-electron chi connectivity index (χ0n) is 11.4. The van der Waals surface area contributed by atoms with E-state index in [2.05, 4.69) is 0 Å². The normalized spacial score (nSPS) is 27.0. The highest BCUT2D eigenvalue weighted by Crippen LogP contribution is 2.10. The molecule has 106 valence electrons. The highest BCUT2D eigenvalue weighted by molar-refractivity contribution is 4.49. The number of quaternary nitrogens is 2. The first-order valence-corrected chi connectivity index (χ1v) is 7.07. The van der Waals surface area contributed by atoms with Gasteiger partial charge in [-0.15, -0.1) is 0 Å². The minimum atomic E-state index is 0.674. The van der Waals surface area contributed by atoms with Gasteiger partial charge in [-0.05, 0) is 0 Å². The molecule has 4 N–H and O–H groups in total. The van der Waals surface area contributed by atoms with E-state index in [0.717, 1.165) is 78.5 Å². The van der Waals surface area contributed by atoms with Crippen LogP contribution in [0.25, 0.3) is 0 Å². The van der Waals surface area contributed by atoms with E-state index in [1.807, 2.05) is 0 Å². The van der Waals surface area contributed by atoms with Crippen molar-refractivity contribution in [2.45, 2.75) is 12.8 Å². The molecule has 0 saturated carbocycles. The molecule has 0 aromatic carbocycles. The Morgan fingerprint density at radius 2 is 1.00 bits per heavy atom. The van der Waals surface area contributed by atoms with Gasteiger partial charge in [0.2, 0.25) is 0 Å². The van der Waals surface area contributed by atoms with E-state index in [9.17, 15) is 0 Å². The van der Waals surface area contributed by atoms with E-state index < -0.39 is 0 Å². The molecule has 2 aliphatic rings. The maximum absolute atomic E-state index is 6.31. The van der Waals surface area contributed by atoms with Crippen LogP contribution in [0.1, 0.15) is 12.8 Å². The summed E-state index contributed by atoms with van der Waals surface area (Å²) in [4.78, 5) is 0. The Morgan fingerprint density at radius 1 is 0.667 bits per heavy atom. The fourth-order valence-electron chi connectivity index (χ4n) is 2.71. The van der Waals surface area contributed by atoms with Gasteiger partial charge in [0.25, 0.3) is 0 Å². The monoisotopic (exact) mass is 260 g/mol. The second-order valence-electron chi connectivity index (χ2n) is 5.71. The van der Waals surface area contributed by atoms with E-state index >= 15 is 0 Å². The van der Waals surface area contributed by atoms with Gasteiger partial charge >= 0.3 is 0 Å². The first kappa shape index (κ1) is 14.2. The Balaban J connectivity index is 1.63. The molecule has 2 saturated heterocycles. The third-order valence-electron chi connectivity index (χ3n) is 4.18.